The van der Waals surface area contributed by atoms with Crippen LogP contribution in [0.3, 0.4) is 0 Å². The molecule has 3 heteroatoms. The first-order valence-corrected chi connectivity index (χ1v) is 24.0. The van der Waals surface area contributed by atoms with Crippen LogP contribution in [0.5, 0.6) is 0 Å². The van der Waals surface area contributed by atoms with Crippen molar-refractivity contribution in [2.45, 2.75) is 12.8 Å². The van der Waals surface area contributed by atoms with E-state index in [1.165, 1.54) is 113 Å². The maximum atomic E-state index is 6.47. The maximum Gasteiger partial charge on any atom is 0.136 e. The Morgan fingerprint density at radius 1 is 0.343 bits per heavy atom. The molecule has 0 N–H and O–H groups in total. The van der Waals surface area contributed by atoms with E-state index in [9.17, 15) is 0 Å². The lowest BCUT2D eigenvalue weighted by atomic mass is 9.85. The fourth-order valence-corrected chi connectivity index (χ4v) is 12.9. The second kappa shape index (κ2) is 14.1. The first kappa shape index (κ1) is 37.0. The molecule has 15 rings (SSSR count). The average Bonchev–Trinajstić information content (AvgIpc) is 4.08. The topological polar surface area (TPSA) is 26.3 Å². The summed E-state index contributed by atoms with van der Waals surface area (Å²) in [5.74, 6) is 1.00. The van der Waals surface area contributed by atoms with Crippen LogP contribution in [0.4, 0.5) is 0 Å². The summed E-state index contributed by atoms with van der Waals surface area (Å²) in [6, 6.07) is 71.8. The highest BCUT2D eigenvalue weighted by Gasteiger charge is 2.23. The van der Waals surface area contributed by atoms with E-state index in [2.05, 4.69) is 200 Å². The molecule has 3 aromatic heterocycles. The van der Waals surface area contributed by atoms with E-state index >= 15 is 0 Å². The minimum absolute atomic E-state index is 0.907. The summed E-state index contributed by atoms with van der Waals surface area (Å²) in [4.78, 5) is 0. The number of benzene rings is 11. The number of hydrogen-bond acceptors (Lipinski definition) is 3. The molecule has 0 unspecified atom stereocenters. The molecule has 0 aliphatic heterocycles. The SMILES string of the molecule is C1=Cc2oc3cc(-c4c5ccccc5c(-c5ccc6sc7c(-c8c9ccccc9c(-c9ccc%10c(c9)oc9ccccc9%10)c9ccccc89)cccc7c6c5)c5ccccc45)ccc3c2CC1. The summed E-state index contributed by atoms with van der Waals surface area (Å²) in [5.41, 5.74) is 13.9. The van der Waals surface area contributed by atoms with E-state index in [1.807, 2.05) is 17.4 Å². The number of fused-ring (bicyclic) bond motifs is 13. The molecule has 3 heterocycles. The quantitative estimate of drug-likeness (QED) is 0.165. The van der Waals surface area contributed by atoms with Crippen molar-refractivity contribution in [3.8, 4) is 44.5 Å². The Bertz CT molecular complexity index is 4340. The molecular weight excluding hydrogens is 833 g/mol. The third-order valence-corrected chi connectivity index (χ3v) is 15.7. The second-order valence-corrected chi connectivity index (χ2v) is 19.1. The zero-order valence-corrected chi connectivity index (χ0v) is 37.1. The van der Waals surface area contributed by atoms with Crippen LogP contribution in [0.25, 0.3) is 147 Å². The molecule has 14 aromatic rings. The van der Waals surface area contributed by atoms with Gasteiger partial charge in [-0.3, -0.25) is 0 Å². The van der Waals surface area contributed by atoms with Gasteiger partial charge in [-0.1, -0.05) is 164 Å². The van der Waals surface area contributed by atoms with Crippen molar-refractivity contribution in [1.29, 1.82) is 0 Å². The Kier molecular flexibility index (Phi) is 7.81. The van der Waals surface area contributed by atoms with E-state index in [0.29, 0.717) is 0 Å². The van der Waals surface area contributed by atoms with Crippen molar-refractivity contribution < 1.29 is 8.83 Å². The number of allylic oxidation sites excluding steroid dienone is 1. The number of thiophene rings is 1. The van der Waals surface area contributed by atoms with E-state index in [4.69, 9.17) is 8.83 Å². The summed E-state index contributed by atoms with van der Waals surface area (Å²) in [5, 5.41) is 16.0. The minimum Gasteiger partial charge on any atom is -0.456 e. The minimum atomic E-state index is 0.907. The van der Waals surface area contributed by atoms with E-state index in [0.717, 1.165) is 51.7 Å². The largest absolute Gasteiger partial charge is 0.456 e. The lowest BCUT2D eigenvalue weighted by Gasteiger charge is -2.18. The van der Waals surface area contributed by atoms with Gasteiger partial charge in [-0.15, -0.1) is 11.3 Å². The lowest BCUT2D eigenvalue weighted by Crippen LogP contribution is -1.91. The number of rotatable bonds is 4. The van der Waals surface area contributed by atoms with Crippen molar-refractivity contribution in [2.24, 2.45) is 0 Å². The number of para-hydroxylation sites is 1. The summed E-state index contributed by atoms with van der Waals surface area (Å²) in [7, 11) is 0. The Morgan fingerprint density at radius 3 is 1.43 bits per heavy atom. The molecule has 0 saturated carbocycles. The van der Waals surface area contributed by atoms with Crippen LogP contribution in [0, 0.1) is 0 Å². The normalized spacial score (nSPS) is 12.9. The zero-order valence-electron chi connectivity index (χ0n) is 36.3. The number of aryl methyl sites for hydroxylation is 1. The van der Waals surface area contributed by atoms with Gasteiger partial charge in [0.15, 0.2) is 0 Å². The number of hydrogen-bond donors (Lipinski definition) is 0. The van der Waals surface area contributed by atoms with Gasteiger partial charge in [0.2, 0.25) is 0 Å². The molecule has 0 radical (unpaired) electrons. The monoisotopic (exact) mass is 870 g/mol. The van der Waals surface area contributed by atoms with Gasteiger partial charge in [0.1, 0.15) is 22.5 Å². The van der Waals surface area contributed by atoms with Crippen LogP contribution in [-0.4, -0.2) is 0 Å². The molecule has 0 bridgehead atoms. The van der Waals surface area contributed by atoms with Crippen LogP contribution >= 0.6 is 11.3 Å². The van der Waals surface area contributed by atoms with E-state index in [1.54, 1.807) is 0 Å². The molecule has 312 valence electrons. The van der Waals surface area contributed by atoms with E-state index in [-0.39, 0.29) is 0 Å². The third-order valence-electron chi connectivity index (χ3n) is 14.5. The van der Waals surface area contributed by atoms with Gasteiger partial charge >= 0.3 is 0 Å². The fraction of sp³-hybridized carbons (Fsp3) is 0.0312. The zero-order chi connectivity index (χ0) is 43.7. The number of furan rings is 2. The summed E-state index contributed by atoms with van der Waals surface area (Å²) >= 11 is 1.90. The van der Waals surface area contributed by atoms with Crippen LogP contribution in [0.1, 0.15) is 17.7 Å². The van der Waals surface area contributed by atoms with Crippen molar-refractivity contribution in [2.75, 3.05) is 0 Å². The molecule has 1 aliphatic rings. The molecule has 1 aliphatic carbocycles. The second-order valence-electron chi connectivity index (χ2n) is 18.1. The van der Waals surface area contributed by atoms with Gasteiger partial charge in [-0.2, -0.15) is 0 Å². The highest BCUT2D eigenvalue weighted by molar-refractivity contribution is 7.26. The van der Waals surface area contributed by atoms with Crippen molar-refractivity contribution >= 4 is 114 Å². The van der Waals surface area contributed by atoms with Gasteiger partial charge in [-0.25, -0.2) is 0 Å². The van der Waals surface area contributed by atoms with E-state index < -0.39 is 0 Å². The van der Waals surface area contributed by atoms with Crippen LogP contribution in [-0.2, 0) is 6.42 Å². The first-order chi connectivity index (χ1) is 33.2. The van der Waals surface area contributed by atoms with Gasteiger partial charge in [0, 0.05) is 47.5 Å². The molecule has 11 aromatic carbocycles. The molecule has 67 heavy (non-hydrogen) atoms. The first-order valence-electron chi connectivity index (χ1n) is 23.2. The smallest absolute Gasteiger partial charge is 0.136 e. The molecule has 0 amide bonds. The lowest BCUT2D eigenvalue weighted by molar-refractivity contribution is 0.595. The van der Waals surface area contributed by atoms with Gasteiger partial charge < -0.3 is 8.83 Å². The fourth-order valence-electron chi connectivity index (χ4n) is 11.6. The van der Waals surface area contributed by atoms with Crippen molar-refractivity contribution in [3.63, 3.8) is 0 Å². The third kappa shape index (κ3) is 5.38. The Labute approximate surface area is 389 Å². The molecule has 0 fully saturated rings. The molecule has 2 nitrogen and oxygen atoms in total. The highest BCUT2D eigenvalue weighted by atomic mass is 32.1. The highest BCUT2D eigenvalue weighted by Crippen LogP contribution is 2.50. The molecular formula is C64H38O2S. The van der Waals surface area contributed by atoms with Crippen molar-refractivity contribution in [1.82, 2.24) is 0 Å². The van der Waals surface area contributed by atoms with Gasteiger partial charge in [-0.05, 0) is 137 Å². The Balaban J connectivity index is 0.924. The van der Waals surface area contributed by atoms with Crippen LogP contribution < -0.4 is 0 Å². The Morgan fingerprint density at radius 2 is 0.821 bits per heavy atom. The average molecular weight is 871 g/mol. The summed E-state index contributed by atoms with van der Waals surface area (Å²) in [6.45, 7) is 0. The predicted molar refractivity (Wildman–Crippen MR) is 286 cm³/mol. The van der Waals surface area contributed by atoms with Gasteiger partial charge in [0.05, 0.1) is 0 Å². The summed E-state index contributed by atoms with van der Waals surface area (Å²) < 4.78 is 15.5. The molecule has 0 saturated heterocycles. The molecule has 0 atom stereocenters. The van der Waals surface area contributed by atoms with Crippen LogP contribution in [0.2, 0.25) is 0 Å². The molecule has 0 spiro atoms. The standard InChI is InChI=1S/C64H38O2S/c1-3-18-46-44(16-1)60(45-17-2-4-19-47(45)61(46)38-28-31-42-40-14-9-11-26-55(40)65-57(42)35-38)37-30-33-59-54(34-37)52-24-13-25-53(64(52)67-59)63-50-22-7-5-20-48(50)62(49-21-6-8-23-51(49)63)39-29-32-43-41-15-10-12-27-56(41)66-58(43)36-39/h1-8,10-13,15-36H,9,14H2. The van der Waals surface area contributed by atoms with Crippen LogP contribution in [0.15, 0.2) is 209 Å². The summed E-state index contributed by atoms with van der Waals surface area (Å²) in [6.07, 6.45) is 6.43. The predicted octanol–water partition coefficient (Wildman–Crippen LogP) is 18.9. The maximum absolute atomic E-state index is 6.47. The van der Waals surface area contributed by atoms with Crippen molar-refractivity contribution in [3.05, 3.63) is 212 Å². The van der Waals surface area contributed by atoms with Gasteiger partial charge in [0.25, 0.3) is 0 Å². The Hall–Kier alpha value is -8.24.